The van der Waals surface area contributed by atoms with Crippen LogP contribution in [-0.2, 0) is 14.4 Å². The number of anilines is 2. The normalized spacial score (nSPS) is 19.9. The van der Waals surface area contributed by atoms with Gasteiger partial charge in [-0.15, -0.1) is 0 Å². The van der Waals surface area contributed by atoms with Crippen LogP contribution >= 0.6 is 0 Å². The predicted octanol–water partition coefficient (Wildman–Crippen LogP) is 2.21. The van der Waals surface area contributed by atoms with Crippen LogP contribution in [0.1, 0.15) is 17.5 Å². The molecule has 0 bridgehead atoms. The molecular weight excluding hydrogens is 460 g/mol. The average molecular weight is 493 g/mol. The second kappa shape index (κ2) is 10.2. The lowest BCUT2D eigenvalue weighted by molar-refractivity contribution is -0.137. The maximum Gasteiger partial charge on any atom is 0.238 e. The summed E-state index contributed by atoms with van der Waals surface area (Å²) in [6, 6.07) is 11.4. The molecule has 36 heavy (non-hydrogen) atoms. The highest BCUT2D eigenvalue weighted by molar-refractivity contribution is 6.00. The van der Waals surface area contributed by atoms with Crippen molar-refractivity contribution in [1.29, 1.82) is 0 Å². The highest BCUT2D eigenvalue weighted by atomic mass is 16.6. The molecule has 3 aliphatic heterocycles. The molecule has 1 unspecified atom stereocenters. The fraction of sp³-hybridized carbons (Fsp3) is 0.444. The van der Waals surface area contributed by atoms with Crippen molar-refractivity contribution in [2.45, 2.75) is 20.3 Å². The Bertz CT molecular complexity index is 1150. The molecule has 0 aromatic heterocycles. The number of hydrogen-bond donors (Lipinski definition) is 1. The van der Waals surface area contributed by atoms with Crippen LogP contribution < -0.4 is 19.7 Å². The summed E-state index contributed by atoms with van der Waals surface area (Å²) in [6.45, 7) is 7.93. The van der Waals surface area contributed by atoms with Crippen molar-refractivity contribution >= 4 is 29.1 Å². The summed E-state index contributed by atoms with van der Waals surface area (Å²) < 4.78 is 11.2. The van der Waals surface area contributed by atoms with Gasteiger partial charge in [0.05, 0.1) is 12.5 Å². The molecular formula is C27H32N4O5. The first-order valence-electron chi connectivity index (χ1n) is 12.5. The molecule has 9 nitrogen and oxygen atoms in total. The molecule has 0 spiro atoms. The van der Waals surface area contributed by atoms with Gasteiger partial charge in [-0.05, 0) is 37.1 Å². The average Bonchev–Trinajstić information content (AvgIpc) is 3.27. The van der Waals surface area contributed by atoms with Gasteiger partial charge in [-0.25, -0.2) is 0 Å². The lowest BCUT2D eigenvalue weighted by Gasteiger charge is -2.35. The van der Waals surface area contributed by atoms with Gasteiger partial charge in [0.1, 0.15) is 13.2 Å². The number of para-hydroxylation sites is 1. The smallest absolute Gasteiger partial charge is 0.238 e. The van der Waals surface area contributed by atoms with Gasteiger partial charge in [0, 0.05) is 56.6 Å². The van der Waals surface area contributed by atoms with Crippen molar-refractivity contribution in [2.24, 2.45) is 5.92 Å². The summed E-state index contributed by atoms with van der Waals surface area (Å²) in [6.07, 6.45) is 0.200. The third kappa shape index (κ3) is 5.02. The van der Waals surface area contributed by atoms with Gasteiger partial charge < -0.3 is 24.6 Å². The molecule has 1 atom stereocenters. The number of aryl methyl sites for hydroxylation is 2. The van der Waals surface area contributed by atoms with Crippen molar-refractivity contribution in [3.8, 4) is 11.5 Å². The molecule has 190 valence electrons. The number of amides is 3. The van der Waals surface area contributed by atoms with Crippen LogP contribution in [0, 0.1) is 19.8 Å². The molecule has 5 rings (SSSR count). The Kier molecular flexibility index (Phi) is 6.82. The largest absolute Gasteiger partial charge is 0.486 e. The number of piperazine rings is 1. The van der Waals surface area contributed by atoms with Crippen LogP contribution in [0.15, 0.2) is 36.4 Å². The minimum atomic E-state index is -0.371. The molecule has 2 aromatic carbocycles. The van der Waals surface area contributed by atoms with Gasteiger partial charge in [0.2, 0.25) is 17.7 Å². The first-order valence-corrected chi connectivity index (χ1v) is 12.5. The van der Waals surface area contributed by atoms with Crippen LogP contribution in [0.3, 0.4) is 0 Å². The Labute approximate surface area is 210 Å². The summed E-state index contributed by atoms with van der Waals surface area (Å²) in [4.78, 5) is 44.1. The van der Waals surface area contributed by atoms with E-state index in [1.807, 2.05) is 55.1 Å². The molecule has 0 aliphatic carbocycles. The Morgan fingerprint density at radius 3 is 2.39 bits per heavy atom. The van der Waals surface area contributed by atoms with Gasteiger partial charge >= 0.3 is 0 Å². The quantitative estimate of drug-likeness (QED) is 0.688. The minimum Gasteiger partial charge on any atom is -0.486 e. The molecule has 0 radical (unpaired) electrons. The number of ether oxygens (including phenoxy) is 2. The molecule has 3 heterocycles. The second-order valence-corrected chi connectivity index (χ2v) is 9.65. The summed E-state index contributed by atoms with van der Waals surface area (Å²) in [5.41, 5.74) is 3.66. The van der Waals surface area contributed by atoms with Crippen LogP contribution in [0.4, 0.5) is 11.4 Å². The van der Waals surface area contributed by atoms with Crippen molar-refractivity contribution in [1.82, 2.24) is 9.80 Å². The van der Waals surface area contributed by atoms with E-state index in [2.05, 4.69) is 10.2 Å². The molecule has 1 N–H and O–H groups in total. The van der Waals surface area contributed by atoms with Gasteiger partial charge in [-0.3, -0.25) is 19.3 Å². The number of hydrogen-bond acceptors (Lipinski definition) is 6. The van der Waals surface area contributed by atoms with Crippen LogP contribution in [0.5, 0.6) is 11.5 Å². The van der Waals surface area contributed by atoms with Gasteiger partial charge in [0.15, 0.2) is 11.5 Å². The van der Waals surface area contributed by atoms with E-state index in [0.717, 1.165) is 22.5 Å². The van der Waals surface area contributed by atoms with E-state index in [4.69, 9.17) is 9.47 Å². The SMILES string of the molecule is Cc1cccc(C)c1NC(=O)CN1CCN(C(=O)C2CC(=O)N(c3ccc4c(c3)OCCO4)C2)CC1. The zero-order chi connectivity index (χ0) is 25.2. The molecule has 3 aliphatic rings. The topological polar surface area (TPSA) is 91.4 Å². The number of benzene rings is 2. The number of carbonyl (C=O) groups is 3. The lowest BCUT2D eigenvalue weighted by Crippen LogP contribution is -2.52. The number of rotatable bonds is 5. The highest BCUT2D eigenvalue weighted by Gasteiger charge is 2.38. The van der Waals surface area contributed by atoms with E-state index >= 15 is 0 Å². The van der Waals surface area contributed by atoms with Crippen molar-refractivity contribution in [3.05, 3.63) is 47.5 Å². The Hall–Kier alpha value is -3.59. The summed E-state index contributed by atoms with van der Waals surface area (Å²) in [5.74, 6) is 0.812. The van der Waals surface area contributed by atoms with Crippen molar-refractivity contribution in [3.63, 3.8) is 0 Å². The van der Waals surface area contributed by atoms with E-state index < -0.39 is 0 Å². The molecule has 0 saturated carbocycles. The third-order valence-electron chi connectivity index (χ3n) is 7.11. The summed E-state index contributed by atoms with van der Waals surface area (Å²) >= 11 is 0. The van der Waals surface area contributed by atoms with E-state index in [1.54, 1.807) is 4.90 Å². The number of nitrogens with zero attached hydrogens (tertiary/aromatic N) is 3. The third-order valence-corrected chi connectivity index (χ3v) is 7.11. The molecule has 2 aromatic rings. The predicted molar refractivity (Wildman–Crippen MR) is 135 cm³/mol. The molecule has 9 heteroatoms. The Balaban J connectivity index is 1.13. The Morgan fingerprint density at radius 2 is 1.67 bits per heavy atom. The van der Waals surface area contributed by atoms with Crippen LogP contribution in [0.2, 0.25) is 0 Å². The zero-order valence-corrected chi connectivity index (χ0v) is 20.8. The van der Waals surface area contributed by atoms with Gasteiger partial charge in [-0.1, -0.05) is 18.2 Å². The summed E-state index contributed by atoms with van der Waals surface area (Å²) in [5, 5.41) is 3.03. The maximum absolute atomic E-state index is 13.2. The first-order chi connectivity index (χ1) is 17.4. The van der Waals surface area contributed by atoms with E-state index in [1.165, 1.54) is 0 Å². The van der Waals surface area contributed by atoms with Gasteiger partial charge in [0.25, 0.3) is 0 Å². The summed E-state index contributed by atoms with van der Waals surface area (Å²) in [7, 11) is 0. The monoisotopic (exact) mass is 492 g/mol. The Morgan fingerprint density at radius 1 is 0.972 bits per heavy atom. The van der Waals surface area contributed by atoms with Crippen LogP contribution in [-0.4, -0.2) is 80.0 Å². The first kappa shape index (κ1) is 24.1. The molecule has 2 fully saturated rings. The van der Waals surface area contributed by atoms with Crippen molar-refractivity contribution < 1.29 is 23.9 Å². The highest BCUT2D eigenvalue weighted by Crippen LogP contribution is 2.36. The van der Waals surface area contributed by atoms with Crippen molar-refractivity contribution in [2.75, 3.05) is 62.7 Å². The maximum atomic E-state index is 13.2. The van der Waals surface area contributed by atoms with Gasteiger partial charge in [-0.2, -0.15) is 0 Å². The minimum absolute atomic E-state index is 0.00281. The van der Waals surface area contributed by atoms with E-state index in [0.29, 0.717) is 57.4 Å². The zero-order valence-electron chi connectivity index (χ0n) is 20.8. The second-order valence-electron chi connectivity index (χ2n) is 9.65. The van der Waals surface area contributed by atoms with E-state index in [9.17, 15) is 14.4 Å². The number of nitrogens with one attached hydrogen (secondary N) is 1. The number of carbonyl (C=O) groups excluding carboxylic acids is 3. The lowest BCUT2D eigenvalue weighted by atomic mass is 10.1. The molecule has 2 saturated heterocycles. The van der Waals surface area contributed by atoms with E-state index in [-0.39, 0.29) is 36.6 Å². The molecule has 3 amide bonds. The standard InChI is InChI=1S/C27H32N4O5/c1-18-4-3-5-19(2)26(18)28-24(32)17-29-8-10-30(11-9-29)27(34)20-14-25(33)31(16-20)21-6-7-22-23(15-21)36-13-12-35-22/h3-7,15,20H,8-14,16-17H2,1-2H3,(H,28,32). The van der Waals surface area contributed by atoms with Crippen LogP contribution in [0.25, 0.3) is 0 Å². The number of fused-ring (bicyclic) bond motifs is 1. The fourth-order valence-electron chi connectivity index (χ4n) is 5.10. The fourth-order valence-corrected chi connectivity index (χ4v) is 5.10.